The predicted molar refractivity (Wildman–Crippen MR) is 57.7 cm³/mol. The molecule has 0 aliphatic rings. The van der Waals surface area contributed by atoms with E-state index in [1.807, 2.05) is 0 Å². The molecule has 0 saturated heterocycles. The Morgan fingerprint density at radius 1 is 1.50 bits per heavy atom. The van der Waals surface area contributed by atoms with Gasteiger partial charge in [0.25, 0.3) is 0 Å². The second-order valence-electron chi connectivity index (χ2n) is 4.02. The van der Waals surface area contributed by atoms with E-state index in [0.29, 0.717) is 10.9 Å². The molecule has 0 bridgehead atoms. The fraction of sp³-hybridized carbons (Fsp3) is 0.400. The van der Waals surface area contributed by atoms with Gasteiger partial charge >= 0.3 is 0 Å². The van der Waals surface area contributed by atoms with Gasteiger partial charge in [0, 0.05) is 11.1 Å². The number of benzene rings is 1. The number of phenols is 1. The van der Waals surface area contributed by atoms with Gasteiger partial charge in [0.2, 0.25) is 0 Å². The van der Waals surface area contributed by atoms with E-state index in [2.05, 4.69) is 15.9 Å². The van der Waals surface area contributed by atoms with Crippen LogP contribution in [0.5, 0.6) is 5.75 Å². The molecule has 0 radical (unpaired) electrons. The highest BCUT2D eigenvalue weighted by molar-refractivity contribution is 9.10. The first kappa shape index (κ1) is 11.5. The maximum atomic E-state index is 13.5. The van der Waals surface area contributed by atoms with Gasteiger partial charge in [-0.2, -0.15) is 0 Å². The molecule has 0 amide bonds. The monoisotopic (exact) mass is 261 g/mol. The van der Waals surface area contributed by atoms with Crippen LogP contribution in [0.3, 0.4) is 0 Å². The lowest BCUT2D eigenvalue weighted by Crippen LogP contribution is -2.34. The molecule has 0 saturated carbocycles. The van der Waals surface area contributed by atoms with Crippen molar-refractivity contribution in [3.63, 3.8) is 0 Å². The van der Waals surface area contributed by atoms with Gasteiger partial charge in [-0.1, -0.05) is 0 Å². The van der Waals surface area contributed by atoms with E-state index in [1.165, 1.54) is 12.1 Å². The summed E-state index contributed by atoms with van der Waals surface area (Å²) in [5, 5.41) is 9.46. The molecular formula is C10H13BrFNO. The predicted octanol–water partition coefficient (Wildman–Crippen LogP) is 2.57. The molecule has 14 heavy (non-hydrogen) atoms. The maximum Gasteiger partial charge on any atom is 0.144 e. The maximum absolute atomic E-state index is 13.5. The average Bonchev–Trinajstić information content (AvgIpc) is 2.04. The van der Waals surface area contributed by atoms with Crippen LogP contribution < -0.4 is 5.73 Å². The Balaban J connectivity index is 3.13. The molecule has 0 aromatic heterocycles. The summed E-state index contributed by atoms with van der Waals surface area (Å²) in [5.41, 5.74) is 5.48. The van der Waals surface area contributed by atoms with Crippen LogP contribution in [-0.2, 0) is 6.42 Å². The summed E-state index contributed by atoms with van der Waals surface area (Å²) >= 11 is 3.06. The number of nitrogens with two attached hydrogens (primary N) is 1. The van der Waals surface area contributed by atoms with E-state index in [4.69, 9.17) is 5.73 Å². The van der Waals surface area contributed by atoms with Crippen molar-refractivity contribution in [1.29, 1.82) is 0 Å². The van der Waals surface area contributed by atoms with Crippen LogP contribution in [0, 0.1) is 5.82 Å². The fourth-order valence-electron chi connectivity index (χ4n) is 1.21. The fourth-order valence-corrected chi connectivity index (χ4v) is 1.58. The minimum absolute atomic E-state index is 0.0516. The van der Waals surface area contributed by atoms with Crippen LogP contribution in [0.2, 0.25) is 0 Å². The quantitative estimate of drug-likeness (QED) is 0.860. The first-order chi connectivity index (χ1) is 6.31. The minimum Gasteiger partial charge on any atom is -0.508 e. The van der Waals surface area contributed by atoms with E-state index < -0.39 is 11.4 Å². The molecule has 0 heterocycles. The third kappa shape index (κ3) is 2.69. The van der Waals surface area contributed by atoms with Crippen molar-refractivity contribution >= 4 is 15.9 Å². The molecular weight excluding hydrogens is 249 g/mol. The van der Waals surface area contributed by atoms with Gasteiger partial charge in [0.15, 0.2) is 0 Å². The Labute approximate surface area is 91.1 Å². The van der Waals surface area contributed by atoms with Gasteiger partial charge in [0.05, 0.1) is 4.47 Å². The van der Waals surface area contributed by atoms with Crippen molar-refractivity contribution in [2.75, 3.05) is 0 Å². The summed E-state index contributed by atoms with van der Waals surface area (Å²) in [6, 6.07) is 2.92. The van der Waals surface area contributed by atoms with Crippen molar-refractivity contribution in [3.8, 4) is 5.75 Å². The molecule has 2 nitrogen and oxygen atoms in total. The van der Waals surface area contributed by atoms with Gasteiger partial charge in [-0.25, -0.2) is 4.39 Å². The Bertz CT molecular complexity index is 347. The zero-order chi connectivity index (χ0) is 10.9. The standard InChI is InChI=1S/C10H13BrFNO/c1-10(2,13)5-6-8(14)4-3-7(11)9(6)12/h3-4,14H,5,13H2,1-2H3. The Morgan fingerprint density at radius 3 is 2.57 bits per heavy atom. The molecule has 3 N–H and O–H groups in total. The highest BCUT2D eigenvalue weighted by atomic mass is 79.9. The Kier molecular flexibility index (Phi) is 3.17. The molecule has 0 aliphatic carbocycles. The lowest BCUT2D eigenvalue weighted by Gasteiger charge is -2.19. The highest BCUT2D eigenvalue weighted by Gasteiger charge is 2.19. The van der Waals surface area contributed by atoms with E-state index in [1.54, 1.807) is 13.8 Å². The van der Waals surface area contributed by atoms with Gasteiger partial charge in [-0.05, 0) is 48.3 Å². The number of hydrogen-bond acceptors (Lipinski definition) is 2. The van der Waals surface area contributed by atoms with E-state index in [0.717, 1.165) is 0 Å². The summed E-state index contributed by atoms with van der Waals surface area (Å²) in [7, 11) is 0. The van der Waals surface area contributed by atoms with E-state index >= 15 is 0 Å². The smallest absolute Gasteiger partial charge is 0.144 e. The number of phenolic OH excluding ortho intramolecular Hbond substituents is 1. The van der Waals surface area contributed by atoms with Crippen LogP contribution in [0.15, 0.2) is 16.6 Å². The Morgan fingerprint density at radius 2 is 2.07 bits per heavy atom. The molecule has 4 heteroatoms. The zero-order valence-electron chi connectivity index (χ0n) is 8.14. The van der Waals surface area contributed by atoms with Crippen molar-refractivity contribution in [2.45, 2.75) is 25.8 Å². The van der Waals surface area contributed by atoms with E-state index in [-0.39, 0.29) is 11.3 Å². The first-order valence-electron chi connectivity index (χ1n) is 4.26. The molecule has 0 spiro atoms. The molecule has 0 atom stereocenters. The SMILES string of the molecule is CC(C)(N)Cc1c(O)ccc(Br)c1F. The summed E-state index contributed by atoms with van der Waals surface area (Å²) in [4.78, 5) is 0. The third-order valence-corrected chi connectivity index (χ3v) is 2.42. The molecule has 0 aliphatic heterocycles. The van der Waals surface area contributed by atoms with Crippen molar-refractivity contribution in [2.24, 2.45) is 5.73 Å². The largest absolute Gasteiger partial charge is 0.508 e. The molecule has 1 rings (SSSR count). The number of hydrogen-bond donors (Lipinski definition) is 2. The van der Waals surface area contributed by atoms with E-state index in [9.17, 15) is 9.50 Å². The molecule has 0 fully saturated rings. The summed E-state index contributed by atoms with van der Waals surface area (Å²) < 4.78 is 13.9. The number of rotatable bonds is 2. The average molecular weight is 262 g/mol. The van der Waals surface area contributed by atoms with Gasteiger partial charge in [-0.15, -0.1) is 0 Å². The second kappa shape index (κ2) is 3.87. The molecule has 0 unspecified atom stereocenters. The normalized spacial score (nSPS) is 11.8. The molecule has 78 valence electrons. The zero-order valence-corrected chi connectivity index (χ0v) is 9.73. The lowest BCUT2D eigenvalue weighted by atomic mass is 9.95. The first-order valence-corrected chi connectivity index (χ1v) is 5.05. The van der Waals surface area contributed by atoms with Crippen molar-refractivity contribution in [1.82, 2.24) is 0 Å². The summed E-state index contributed by atoms with van der Waals surface area (Å²) in [6.45, 7) is 3.57. The van der Waals surface area contributed by atoms with Crippen LogP contribution in [-0.4, -0.2) is 10.6 Å². The Hall–Kier alpha value is -0.610. The topological polar surface area (TPSA) is 46.2 Å². The molecule has 1 aromatic carbocycles. The summed E-state index contributed by atoms with van der Waals surface area (Å²) in [6.07, 6.45) is 0.296. The third-order valence-electron chi connectivity index (χ3n) is 1.80. The number of aromatic hydroxyl groups is 1. The van der Waals surface area contributed by atoms with Gasteiger partial charge in [0.1, 0.15) is 11.6 Å². The summed E-state index contributed by atoms with van der Waals surface area (Å²) in [5.74, 6) is -0.493. The van der Waals surface area contributed by atoms with Gasteiger partial charge in [-0.3, -0.25) is 0 Å². The van der Waals surface area contributed by atoms with Gasteiger partial charge < -0.3 is 10.8 Å². The second-order valence-corrected chi connectivity index (χ2v) is 4.88. The van der Waals surface area contributed by atoms with Crippen molar-refractivity contribution in [3.05, 3.63) is 28.0 Å². The van der Waals surface area contributed by atoms with Crippen LogP contribution >= 0.6 is 15.9 Å². The van der Waals surface area contributed by atoms with Crippen LogP contribution in [0.4, 0.5) is 4.39 Å². The minimum atomic E-state index is -0.543. The highest BCUT2D eigenvalue weighted by Crippen LogP contribution is 2.29. The number of halogens is 2. The molecule has 1 aromatic rings. The van der Waals surface area contributed by atoms with Crippen LogP contribution in [0.25, 0.3) is 0 Å². The van der Waals surface area contributed by atoms with Crippen LogP contribution in [0.1, 0.15) is 19.4 Å². The van der Waals surface area contributed by atoms with Crippen molar-refractivity contribution < 1.29 is 9.50 Å². The lowest BCUT2D eigenvalue weighted by molar-refractivity contribution is 0.435.